The van der Waals surface area contributed by atoms with Crippen LogP contribution in [-0.4, -0.2) is 15.1 Å². The number of hydrogen-bond donors (Lipinski definition) is 2. The summed E-state index contributed by atoms with van der Waals surface area (Å²) in [7, 11) is 0. The van der Waals surface area contributed by atoms with Crippen molar-refractivity contribution in [3.63, 3.8) is 0 Å². The summed E-state index contributed by atoms with van der Waals surface area (Å²) in [5, 5.41) is 2.86. The smallest absolute Gasteiger partial charge is 0.255 e. The lowest BCUT2D eigenvalue weighted by molar-refractivity contribution is 0.102. The molecular formula is C29H27N3OS2. The van der Waals surface area contributed by atoms with Crippen molar-refractivity contribution in [2.75, 3.05) is 11.1 Å². The van der Waals surface area contributed by atoms with Gasteiger partial charge >= 0.3 is 0 Å². The Labute approximate surface area is 216 Å². The highest BCUT2D eigenvalue weighted by molar-refractivity contribution is 8.22. The molecule has 0 spiro atoms. The highest BCUT2D eigenvalue weighted by Gasteiger charge is 2.13. The second-order valence-corrected chi connectivity index (χ2v) is 9.73. The number of benzene rings is 4. The maximum absolute atomic E-state index is 12.6. The summed E-state index contributed by atoms with van der Waals surface area (Å²) in [6.07, 6.45) is 0. The van der Waals surface area contributed by atoms with Gasteiger partial charge in [-0.05, 0) is 41.0 Å². The number of thioether (sulfide) groups is 1. The summed E-state index contributed by atoms with van der Waals surface area (Å²) in [4.78, 5) is 14.8. The van der Waals surface area contributed by atoms with Gasteiger partial charge in [-0.25, -0.2) is 0 Å². The zero-order valence-electron chi connectivity index (χ0n) is 19.3. The summed E-state index contributed by atoms with van der Waals surface area (Å²) in [5.74, 6) is 0.543. The molecule has 0 aliphatic heterocycles. The van der Waals surface area contributed by atoms with Crippen molar-refractivity contribution in [3.05, 3.63) is 131 Å². The minimum absolute atomic E-state index is 0.186. The van der Waals surface area contributed by atoms with E-state index in [1.54, 1.807) is 23.9 Å². The van der Waals surface area contributed by atoms with Crippen LogP contribution < -0.4 is 11.1 Å². The lowest BCUT2D eigenvalue weighted by Gasteiger charge is -2.25. The first-order valence-corrected chi connectivity index (χ1v) is 12.7. The average molecular weight is 498 g/mol. The third kappa shape index (κ3) is 7.18. The topological polar surface area (TPSA) is 58.4 Å². The first-order chi connectivity index (χ1) is 17.1. The van der Waals surface area contributed by atoms with E-state index < -0.39 is 0 Å². The Morgan fingerprint density at radius 3 is 1.86 bits per heavy atom. The Morgan fingerprint density at radius 2 is 1.29 bits per heavy atom. The van der Waals surface area contributed by atoms with Crippen molar-refractivity contribution in [2.24, 2.45) is 0 Å². The van der Waals surface area contributed by atoms with Crippen LogP contribution in [0, 0.1) is 0 Å². The van der Waals surface area contributed by atoms with Crippen LogP contribution in [0.2, 0.25) is 0 Å². The third-order valence-corrected chi connectivity index (χ3v) is 7.07. The normalized spacial score (nSPS) is 10.5. The molecule has 0 aromatic heterocycles. The van der Waals surface area contributed by atoms with E-state index in [2.05, 4.69) is 58.7 Å². The third-order valence-electron chi connectivity index (χ3n) is 5.48. The van der Waals surface area contributed by atoms with E-state index in [9.17, 15) is 4.79 Å². The predicted octanol–water partition coefficient (Wildman–Crippen LogP) is 6.74. The highest BCUT2D eigenvalue weighted by Crippen LogP contribution is 2.22. The van der Waals surface area contributed by atoms with Gasteiger partial charge in [-0.1, -0.05) is 109 Å². The van der Waals surface area contributed by atoms with Crippen LogP contribution in [0.1, 0.15) is 27.0 Å². The van der Waals surface area contributed by atoms with Crippen LogP contribution in [-0.2, 0) is 18.8 Å². The molecule has 4 rings (SSSR count). The molecule has 0 bridgehead atoms. The number of thiocarbonyl (C=S) groups is 1. The number of hydrogen-bond acceptors (Lipinski definition) is 4. The van der Waals surface area contributed by atoms with Crippen molar-refractivity contribution < 1.29 is 4.79 Å². The van der Waals surface area contributed by atoms with Crippen LogP contribution >= 0.6 is 24.0 Å². The second-order valence-electron chi connectivity index (χ2n) is 8.12. The van der Waals surface area contributed by atoms with Crippen LogP contribution in [0.25, 0.3) is 0 Å². The second kappa shape index (κ2) is 12.2. The number of para-hydroxylation sites is 2. The molecule has 4 nitrogen and oxygen atoms in total. The molecule has 0 atom stereocenters. The van der Waals surface area contributed by atoms with E-state index in [1.165, 1.54) is 11.1 Å². The minimum Gasteiger partial charge on any atom is -0.397 e. The van der Waals surface area contributed by atoms with Gasteiger partial charge in [0.25, 0.3) is 5.91 Å². The Morgan fingerprint density at radius 1 is 0.743 bits per heavy atom. The Hall–Kier alpha value is -3.61. The summed E-state index contributed by atoms with van der Waals surface area (Å²) >= 11 is 7.47. The molecule has 0 aliphatic carbocycles. The molecule has 0 radical (unpaired) electrons. The molecule has 4 aromatic carbocycles. The standard InChI is InChI=1S/C29H27N3OS2/c30-26-13-7-8-14-27(26)31-28(33)25-17-15-24(16-18-25)21-35-29(34)32(19-22-9-3-1-4-10-22)20-23-11-5-2-6-12-23/h1-18H,19-21,30H2,(H,31,33). The van der Waals surface area contributed by atoms with Gasteiger partial charge < -0.3 is 16.0 Å². The summed E-state index contributed by atoms with van der Waals surface area (Å²) < 4.78 is 0.846. The van der Waals surface area contributed by atoms with Crippen LogP contribution in [0.15, 0.2) is 109 Å². The number of anilines is 2. The van der Waals surface area contributed by atoms with Crippen molar-refractivity contribution in [1.29, 1.82) is 0 Å². The number of nitrogens with two attached hydrogens (primary N) is 1. The first kappa shape index (κ1) is 24.5. The lowest BCUT2D eigenvalue weighted by atomic mass is 10.1. The number of nitrogen functional groups attached to an aromatic ring is 1. The number of carbonyl (C=O) groups is 1. The van der Waals surface area contributed by atoms with E-state index in [0.717, 1.165) is 28.7 Å². The van der Waals surface area contributed by atoms with E-state index in [1.807, 2.05) is 48.5 Å². The van der Waals surface area contributed by atoms with Crippen molar-refractivity contribution in [1.82, 2.24) is 4.90 Å². The van der Waals surface area contributed by atoms with Crippen molar-refractivity contribution >= 4 is 45.6 Å². The van der Waals surface area contributed by atoms with Gasteiger partial charge in [0.15, 0.2) is 0 Å². The fraction of sp³-hybridized carbons (Fsp3) is 0.103. The van der Waals surface area contributed by atoms with Crippen molar-refractivity contribution in [2.45, 2.75) is 18.8 Å². The zero-order chi connectivity index (χ0) is 24.5. The maximum atomic E-state index is 12.6. The molecule has 35 heavy (non-hydrogen) atoms. The van der Waals surface area contributed by atoms with E-state index in [4.69, 9.17) is 18.0 Å². The number of rotatable bonds is 8. The van der Waals surface area contributed by atoms with E-state index in [-0.39, 0.29) is 5.91 Å². The van der Waals surface area contributed by atoms with Gasteiger partial charge in [0.1, 0.15) is 4.32 Å². The SMILES string of the molecule is Nc1ccccc1NC(=O)c1ccc(CSC(=S)N(Cc2ccccc2)Cc2ccccc2)cc1. The summed E-state index contributed by atoms with van der Waals surface area (Å²) in [5.41, 5.74) is 11.2. The van der Waals surface area contributed by atoms with Crippen molar-refractivity contribution in [3.8, 4) is 0 Å². The molecule has 0 saturated heterocycles. The van der Waals surface area contributed by atoms with Gasteiger partial charge in [0, 0.05) is 24.4 Å². The Balaban J connectivity index is 1.37. The predicted molar refractivity (Wildman–Crippen MR) is 151 cm³/mol. The van der Waals surface area contributed by atoms with Crippen LogP contribution in [0.4, 0.5) is 11.4 Å². The number of carbonyl (C=O) groups excluding carboxylic acids is 1. The molecule has 1 amide bonds. The number of amides is 1. The molecular weight excluding hydrogens is 470 g/mol. The largest absolute Gasteiger partial charge is 0.397 e. The first-order valence-electron chi connectivity index (χ1n) is 11.3. The van der Waals surface area contributed by atoms with E-state index in [0.29, 0.717) is 16.9 Å². The van der Waals surface area contributed by atoms with Gasteiger partial charge in [-0.15, -0.1) is 0 Å². The molecule has 6 heteroatoms. The summed E-state index contributed by atoms with van der Waals surface area (Å²) in [6.45, 7) is 1.51. The quantitative estimate of drug-likeness (QED) is 0.208. The minimum atomic E-state index is -0.186. The molecule has 0 saturated carbocycles. The maximum Gasteiger partial charge on any atom is 0.255 e. The molecule has 0 heterocycles. The zero-order valence-corrected chi connectivity index (χ0v) is 20.9. The molecule has 0 unspecified atom stereocenters. The van der Waals surface area contributed by atoms with Gasteiger partial charge in [-0.2, -0.15) is 0 Å². The number of nitrogens with one attached hydrogen (secondary N) is 1. The molecule has 176 valence electrons. The van der Waals surface area contributed by atoms with E-state index >= 15 is 0 Å². The lowest BCUT2D eigenvalue weighted by Crippen LogP contribution is -2.26. The molecule has 0 fully saturated rings. The molecule has 0 aliphatic rings. The van der Waals surface area contributed by atoms with Gasteiger partial charge in [0.05, 0.1) is 11.4 Å². The molecule has 4 aromatic rings. The average Bonchev–Trinajstić information content (AvgIpc) is 2.90. The van der Waals surface area contributed by atoms with Gasteiger partial charge in [0.2, 0.25) is 0 Å². The Kier molecular flexibility index (Phi) is 8.54. The van der Waals surface area contributed by atoms with Crippen LogP contribution in [0.5, 0.6) is 0 Å². The highest BCUT2D eigenvalue weighted by atomic mass is 32.2. The summed E-state index contributed by atoms with van der Waals surface area (Å²) in [6, 6.07) is 35.6. The Bertz CT molecular complexity index is 1220. The van der Waals surface area contributed by atoms with Gasteiger partial charge in [-0.3, -0.25) is 4.79 Å². The molecule has 3 N–H and O–H groups in total. The monoisotopic (exact) mass is 497 g/mol. The van der Waals surface area contributed by atoms with Crippen LogP contribution in [0.3, 0.4) is 0 Å². The number of nitrogens with zero attached hydrogens (tertiary/aromatic N) is 1. The fourth-order valence-electron chi connectivity index (χ4n) is 3.59. The fourth-order valence-corrected chi connectivity index (χ4v) is 4.69.